The first-order valence-corrected chi connectivity index (χ1v) is 10.5. The van der Waals surface area contributed by atoms with Crippen LogP contribution in [-0.2, 0) is 6.61 Å². The lowest BCUT2D eigenvalue weighted by Crippen LogP contribution is -2.26. The van der Waals surface area contributed by atoms with E-state index < -0.39 is 0 Å². The number of hydrogen-bond acceptors (Lipinski definition) is 3. The predicted molar refractivity (Wildman–Crippen MR) is 121 cm³/mol. The molecule has 0 radical (unpaired) electrons. The summed E-state index contributed by atoms with van der Waals surface area (Å²) in [5, 5.41) is 3.89. The fourth-order valence-electron chi connectivity index (χ4n) is 3.11. The Morgan fingerprint density at radius 1 is 1.06 bits per heavy atom. The minimum atomic E-state index is -0.294. The number of rotatable bonds is 7. The van der Waals surface area contributed by atoms with Gasteiger partial charge >= 0.3 is 0 Å². The van der Waals surface area contributed by atoms with Crippen molar-refractivity contribution in [2.45, 2.75) is 19.6 Å². The van der Waals surface area contributed by atoms with E-state index >= 15 is 0 Å². The third kappa shape index (κ3) is 5.13. The van der Waals surface area contributed by atoms with Crippen molar-refractivity contribution in [2.24, 2.45) is 0 Å². The number of aromatic nitrogens is 1. The second kappa shape index (κ2) is 9.33. The van der Waals surface area contributed by atoms with E-state index in [4.69, 9.17) is 32.4 Å². The average Bonchev–Trinajstić information content (AvgIpc) is 3.46. The maximum absolute atomic E-state index is 12.6. The third-order valence-electron chi connectivity index (χ3n) is 4.79. The molecule has 0 saturated carbocycles. The van der Waals surface area contributed by atoms with Crippen molar-refractivity contribution in [1.29, 1.82) is 0 Å². The van der Waals surface area contributed by atoms with Gasteiger partial charge in [-0.25, -0.2) is 0 Å². The summed E-state index contributed by atoms with van der Waals surface area (Å²) in [6, 6.07) is 20.1. The number of carbonyl (C=O) groups is 1. The number of hydrogen-bond donors (Lipinski definition) is 1. The first kappa shape index (κ1) is 21.1. The van der Waals surface area contributed by atoms with Gasteiger partial charge in [0.2, 0.25) is 0 Å². The number of halogens is 2. The zero-order valence-corrected chi connectivity index (χ0v) is 18.2. The molecule has 1 atom stereocenters. The molecule has 0 aliphatic carbocycles. The molecule has 0 fully saturated rings. The molecule has 31 heavy (non-hydrogen) atoms. The van der Waals surface area contributed by atoms with Crippen molar-refractivity contribution in [2.75, 3.05) is 0 Å². The molecule has 158 valence electrons. The van der Waals surface area contributed by atoms with Gasteiger partial charge in [0, 0.05) is 23.1 Å². The maximum atomic E-state index is 12.6. The number of amides is 1. The number of nitrogens with zero attached hydrogens (tertiary/aromatic N) is 1. The van der Waals surface area contributed by atoms with Crippen molar-refractivity contribution < 1.29 is 13.9 Å². The first-order chi connectivity index (χ1) is 15.0. The number of carbonyl (C=O) groups excluding carboxylic acids is 1. The van der Waals surface area contributed by atoms with Crippen LogP contribution in [0.1, 0.15) is 34.8 Å². The highest BCUT2D eigenvalue weighted by Gasteiger charge is 2.16. The average molecular weight is 455 g/mol. The number of nitrogens with one attached hydrogen (secondary N) is 1. The quantitative estimate of drug-likeness (QED) is 0.349. The second-order valence-electron chi connectivity index (χ2n) is 7.01. The molecule has 0 aliphatic rings. The molecule has 5 nitrogen and oxygen atoms in total. The SMILES string of the molecule is CC(NC(=O)c1ccc(COc2ccc(Cl)cc2Cl)o1)c1ccc(-n2cccc2)cc1. The minimum absolute atomic E-state index is 0.144. The molecule has 0 bridgehead atoms. The van der Waals surface area contributed by atoms with E-state index in [0.717, 1.165) is 11.3 Å². The lowest BCUT2D eigenvalue weighted by Gasteiger charge is -2.14. The summed E-state index contributed by atoms with van der Waals surface area (Å²) in [5.41, 5.74) is 2.06. The topological polar surface area (TPSA) is 56.4 Å². The van der Waals surface area contributed by atoms with Crippen LogP contribution in [-0.4, -0.2) is 10.5 Å². The van der Waals surface area contributed by atoms with E-state index in [1.165, 1.54) is 0 Å². The van der Waals surface area contributed by atoms with Crippen LogP contribution >= 0.6 is 23.2 Å². The number of furan rings is 1. The van der Waals surface area contributed by atoms with Gasteiger partial charge in [0.05, 0.1) is 11.1 Å². The standard InChI is InChI=1S/C24H20Cl2N2O3/c1-16(17-4-7-19(8-5-17)28-12-2-3-13-28)27-24(29)23-11-9-20(31-23)15-30-22-10-6-18(25)14-21(22)26/h2-14,16H,15H2,1H3,(H,27,29). The molecule has 1 amide bonds. The van der Waals surface area contributed by atoms with Gasteiger partial charge in [-0.15, -0.1) is 0 Å². The molecule has 4 rings (SSSR count). The van der Waals surface area contributed by atoms with Gasteiger partial charge in [-0.05, 0) is 67.1 Å². The summed E-state index contributed by atoms with van der Waals surface area (Å²) in [6.45, 7) is 2.07. The fourth-order valence-corrected chi connectivity index (χ4v) is 3.57. The van der Waals surface area contributed by atoms with E-state index in [9.17, 15) is 4.79 Å². The normalized spacial score (nSPS) is 11.8. The Balaban J connectivity index is 1.35. The molecule has 1 unspecified atom stereocenters. The van der Waals surface area contributed by atoms with Gasteiger partial charge in [0.25, 0.3) is 5.91 Å². The highest BCUT2D eigenvalue weighted by molar-refractivity contribution is 6.35. The zero-order chi connectivity index (χ0) is 21.8. The summed E-state index contributed by atoms with van der Waals surface area (Å²) in [7, 11) is 0. The highest BCUT2D eigenvalue weighted by Crippen LogP contribution is 2.28. The van der Waals surface area contributed by atoms with E-state index in [1.807, 2.05) is 60.3 Å². The lowest BCUT2D eigenvalue weighted by atomic mass is 10.1. The molecule has 0 aliphatic heterocycles. The summed E-state index contributed by atoms with van der Waals surface area (Å²) in [4.78, 5) is 12.6. The Morgan fingerprint density at radius 3 is 2.52 bits per heavy atom. The fraction of sp³-hybridized carbons (Fsp3) is 0.125. The number of benzene rings is 2. The largest absolute Gasteiger partial charge is 0.484 e. The first-order valence-electron chi connectivity index (χ1n) is 9.70. The van der Waals surface area contributed by atoms with E-state index in [-0.39, 0.29) is 24.3 Å². The van der Waals surface area contributed by atoms with Crippen molar-refractivity contribution in [3.63, 3.8) is 0 Å². The Hall–Kier alpha value is -3.15. The molecule has 4 aromatic rings. The molecule has 2 aromatic heterocycles. The molecule has 0 spiro atoms. The van der Waals surface area contributed by atoms with Crippen molar-refractivity contribution in [1.82, 2.24) is 9.88 Å². The molecule has 2 aromatic carbocycles. The molecule has 2 heterocycles. The molecule has 7 heteroatoms. The van der Waals surface area contributed by atoms with Crippen LogP contribution in [0, 0.1) is 0 Å². The minimum Gasteiger partial charge on any atom is -0.484 e. The Morgan fingerprint density at radius 2 is 1.81 bits per heavy atom. The van der Waals surface area contributed by atoms with Gasteiger partial charge in [-0.2, -0.15) is 0 Å². The predicted octanol–water partition coefficient (Wildman–Crippen LogP) is 6.45. The summed E-state index contributed by atoms with van der Waals surface area (Å²) in [5.74, 6) is 0.930. The zero-order valence-electron chi connectivity index (χ0n) is 16.7. The summed E-state index contributed by atoms with van der Waals surface area (Å²) in [6.07, 6.45) is 3.97. The van der Waals surface area contributed by atoms with Gasteiger partial charge in [-0.3, -0.25) is 4.79 Å². The van der Waals surface area contributed by atoms with Crippen LogP contribution in [0.15, 0.2) is 83.5 Å². The van der Waals surface area contributed by atoms with Gasteiger partial charge < -0.3 is 19.0 Å². The Labute approximate surface area is 190 Å². The lowest BCUT2D eigenvalue weighted by molar-refractivity contribution is 0.0907. The van der Waals surface area contributed by atoms with E-state index in [0.29, 0.717) is 21.6 Å². The second-order valence-corrected chi connectivity index (χ2v) is 7.85. The van der Waals surface area contributed by atoms with Gasteiger partial charge in [-0.1, -0.05) is 35.3 Å². The van der Waals surface area contributed by atoms with E-state index in [2.05, 4.69) is 5.32 Å². The van der Waals surface area contributed by atoms with Crippen LogP contribution in [0.4, 0.5) is 0 Å². The van der Waals surface area contributed by atoms with Crippen LogP contribution in [0.3, 0.4) is 0 Å². The summed E-state index contributed by atoms with van der Waals surface area (Å²) >= 11 is 12.0. The van der Waals surface area contributed by atoms with Crippen LogP contribution in [0.25, 0.3) is 5.69 Å². The monoisotopic (exact) mass is 454 g/mol. The van der Waals surface area contributed by atoms with Crippen LogP contribution in [0.2, 0.25) is 10.0 Å². The Bertz CT molecular complexity index is 1170. The van der Waals surface area contributed by atoms with Crippen LogP contribution in [0.5, 0.6) is 5.75 Å². The Kier molecular flexibility index (Phi) is 6.35. The molecular formula is C24H20Cl2N2O3. The molecular weight excluding hydrogens is 435 g/mol. The smallest absolute Gasteiger partial charge is 0.287 e. The summed E-state index contributed by atoms with van der Waals surface area (Å²) < 4.78 is 13.3. The highest BCUT2D eigenvalue weighted by atomic mass is 35.5. The van der Waals surface area contributed by atoms with Crippen molar-refractivity contribution >= 4 is 29.1 Å². The van der Waals surface area contributed by atoms with Crippen molar-refractivity contribution in [3.05, 3.63) is 106 Å². The van der Waals surface area contributed by atoms with E-state index in [1.54, 1.807) is 30.3 Å². The molecule has 1 N–H and O–H groups in total. The van der Waals surface area contributed by atoms with Crippen LogP contribution < -0.4 is 10.1 Å². The third-order valence-corrected chi connectivity index (χ3v) is 5.32. The van der Waals surface area contributed by atoms with Gasteiger partial charge in [0.15, 0.2) is 5.76 Å². The van der Waals surface area contributed by atoms with Gasteiger partial charge in [0.1, 0.15) is 18.1 Å². The van der Waals surface area contributed by atoms with Crippen molar-refractivity contribution in [3.8, 4) is 11.4 Å². The maximum Gasteiger partial charge on any atom is 0.287 e. The molecule has 0 saturated heterocycles. The number of ether oxygens (including phenoxy) is 1.